The molecule has 0 aliphatic rings. The molecule has 0 aliphatic heterocycles. The first-order valence-electron chi connectivity index (χ1n) is 10.6. The number of carbonyl (C=O) groups excluding carboxylic acids is 1. The normalized spacial score (nSPS) is 11.5. The highest BCUT2D eigenvalue weighted by Crippen LogP contribution is 2.24. The van der Waals surface area contributed by atoms with Crippen molar-refractivity contribution in [3.05, 3.63) is 93.5 Å². The van der Waals surface area contributed by atoms with Gasteiger partial charge in [-0.15, -0.1) is 0 Å². The maximum absolute atomic E-state index is 13.4. The molecular formula is C25H26Cl2N2O3S. The summed E-state index contributed by atoms with van der Waals surface area (Å²) < 4.78 is 28.0. The number of nitrogens with one attached hydrogen (secondary N) is 1. The van der Waals surface area contributed by atoms with Crippen molar-refractivity contribution in [2.45, 2.75) is 38.1 Å². The minimum atomic E-state index is -3.98. The quantitative estimate of drug-likeness (QED) is 0.391. The van der Waals surface area contributed by atoms with Crippen LogP contribution in [-0.2, 0) is 34.2 Å². The molecule has 0 spiro atoms. The Morgan fingerprint density at radius 2 is 1.48 bits per heavy atom. The van der Waals surface area contributed by atoms with Gasteiger partial charge in [0.1, 0.15) is 0 Å². The monoisotopic (exact) mass is 504 g/mol. The van der Waals surface area contributed by atoms with Crippen LogP contribution in [0, 0.1) is 0 Å². The van der Waals surface area contributed by atoms with E-state index in [1.54, 1.807) is 24.3 Å². The van der Waals surface area contributed by atoms with Crippen molar-refractivity contribution in [3.8, 4) is 0 Å². The summed E-state index contributed by atoms with van der Waals surface area (Å²) >= 11 is 12.0. The molecule has 0 aromatic heterocycles. The van der Waals surface area contributed by atoms with Gasteiger partial charge < -0.3 is 5.32 Å². The van der Waals surface area contributed by atoms with Crippen LogP contribution >= 0.6 is 23.2 Å². The minimum absolute atomic E-state index is 0.00496. The molecule has 1 amide bonds. The highest BCUT2D eigenvalue weighted by Gasteiger charge is 2.27. The summed E-state index contributed by atoms with van der Waals surface area (Å²) in [6.07, 6.45) is 1.50. The van der Waals surface area contributed by atoms with E-state index < -0.39 is 15.9 Å². The molecule has 3 rings (SSSR count). The van der Waals surface area contributed by atoms with Gasteiger partial charge in [0.2, 0.25) is 15.9 Å². The lowest BCUT2D eigenvalue weighted by Gasteiger charge is -2.23. The molecule has 0 unspecified atom stereocenters. The van der Waals surface area contributed by atoms with E-state index in [1.807, 2.05) is 32.0 Å². The average Bonchev–Trinajstić information content (AvgIpc) is 2.79. The molecule has 0 fully saturated rings. The number of aryl methyl sites for hydroxylation is 2. The van der Waals surface area contributed by atoms with Gasteiger partial charge >= 0.3 is 0 Å². The van der Waals surface area contributed by atoms with Crippen molar-refractivity contribution in [3.63, 3.8) is 0 Å². The van der Waals surface area contributed by atoms with E-state index in [2.05, 4.69) is 5.32 Å². The van der Waals surface area contributed by atoms with Crippen molar-refractivity contribution in [2.24, 2.45) is 0 Å². The van der Waals surface area contributed by atoms with E-state index in [4.69, 9.17) is 23.2 Å². The predicted molar refractivity (Wildman–Crippen MR) is 134 cm³/mol. The fraction of sp³-hybridized carbons (Fsp3) is 0.240. The number of sulfonamides is 1. The third-order valence-electron chi connectivity index (χ3n) is 5.28. The van der Waals surface area contributed by atoms with Crippen LogP contribution in [0.3, 0.4) is 0 Å². The Morgan fingerprint density at radius 3 is 2.06 bits per heavy atom. The molecular weight excluding hydrogens is 479 g/mol. The number of hydrogen-bond acceptors (Lipinski definition) is 3. The van der Waals surface area contributed by atoms with Crippen LogP contribution in [0.2, 0.25) is 10.0 Å². The number of carbonyl (C=O) groups is 1. The van der Waals surface area contributed by atoms with Crippen molar-refractivity contribution in [1.82, 2.24) is 4.31 Å². The Hall–Kier alpha value is -2.38. The Bertz CT molecular complexity index is 1210. The highest BCUT2D eigenvalue weighted by atomic mass is 35.5. The zero-order valence-corrected chi connectivity index (χ0v) is 20.8. The highest BCUT2D eigenvalue weighted by molar-refractivity contribution is 7.89. The van der Waals surface area contributed by atoms with Crippen LogP contribution in [0.25, 0.3) is 0 Å². The van der Waals surface area contributed by atoms with E-state index in [1.165, 1.54) is 24.3 Å². The lowest BCUT2D eigenvalue weighted by Crippen LogP contribution is -2.37. The first-order chi connectivity index (χ1) is 15.7. The molecule has 0 saturated heterocycles. The largest absolute Gasteiger partial charge is 0.324 e. The second kappa shape index (κ2) is 11.2. The number of anilines is 1. The van der Waals surface area contributed by atoms with Gasteiger partial charge in [0.15, 0.2) is 0 Å². The Kier molecular flexibility index (Phi) is 8.54. The molecule has 8 heteroatoms. The van der Waals surface area contributed by atoms with Crippen molar-refractivity contribution < 1.29 is 13.2 Å². The summed E-state index contributed by atoms with van der Waals surface area (Å²) in [5.41, 5.74) is 3.43. The maximum atomic E-state index is 13.4. The van der Waals surface area contributed by atoms with Crippen LogP contribution in [0.15, 0.2) is 71.6 Å². The van der Waals surface area contributed by atoms with Crippen molar-refractivity contribution >= 4 is 44.8 Å². The second-order valence-corrected chi connectivity index (χ2v) is 10.4. The van der Waals surface area contributed by atoms with Gasteiger partial charge in [-0.1, -0.05) is 67.4 Å². The van der Waals surface area contributed by atoms with E-state index in [9.17, 15) is 13.2 Å². The van der Waals surface area contributed by atoms with Crippen LogP contribution in [0.5, 0.6) is 0 Å². The second-order valence-electron chi connectivity index (χ2n) is 7.56. The number of benzene rings is 3. The number of hydrogen-bond donors (Lipinski definition) is 1. The fourth-order valence-corrected chi connectivity index (χ4v) is 5.29. The molecule has 174 valence electrons. The van der Waals surface area contributed by atoms with Gasteiger partial charge in [0.25, 0.3) is 0 Å². The molecule has 0 radical (unpaired) electrons. The Labute approximate surface area is 205 Å². The number of nitrogens with zero attached hydrogens (tertiary/aromatic N) is 1. The third kappa shape index (κ3) is 6.36. The van der Waals surface area contributed by atoms with Gasteiger partial charge in [-0.25, -0.2) is 8.42 Å². The number of para-hydroxylation sites is 1. The fourth-order valence-electron chi connectivity index (χ4n) is 3.56. The zero-order chi connectivity index (χ0) is 24.0. The standard InChI is InChI=1S/C25H26Cl2N2O3S/c1-3-19-8-6-9-20(4-2)25(19)28-24(30)17-29(16-18-7-5-10-22(27)15-18)33(31,32)23-13-11-21(26)12-14-23/h5-15H,3-4,16-17H2,1-2H3,(H,28,30). The smallest absolute Gasteiger partial charge is 0.243 e. The van der Waals surface area contributed by atoms with Crippen molar-refractivity contribution in [2.75, 3.05) is 11.9 Å². The number of halogens is 2. The summed E-state index contributed by atoms with van der Waals surface area (Å²) in [6, 6.07) is 18.7. The first kappa shape index (κ1) is 25.2. The summed E-state index contributed by atoms with van der Waals surface area (Å²) in [5, 5.41) is 3.87. The van der Waals surface area contributed by atoms with Crippen molar-refractivity contribution in [1.29, 1.82) is 0 Å². The van der Waals surface area contributed by atoms with Gasteiger partial charge in [0.05, 0.1) is 11.4 Å². The van der Waals surface area contributed by atoms with E-state index >= 15 is 0 Å². The Balaban J connectivity index is 1.93. The number of rotatable bonds is 9. The molecule has 3 aromatic carbocycles. The minimum Gasteiger partial charge on any atom is -0.324 e. The lowest BCUT2D eigenvalue weighted by atomic mass is 10.0. The molecule has 5 nitrogen and oxygen atoms in total. The van der Waals surface area contributed by atoms with Gasteiger partial charge in [-0.3, -0.25) is 4.79 Å². The van der Waals surface area contributed by atoms with Crippen LogP contribution in [0.1, 0.15) is 30.5 Å². The summed E-state index contributed by atoms with van der Waals surface area (Å²) in [6.45, 7) is 3.68. The van der Waals surface area contributed by atoms with Gasteiger partial charge in [-0.2, -0.15) is 4.31 Å². The lowest BCUT2D eigenvalue weighted by molar-refractivity contribution is -0.116. The summed E-state index contributed by atoms with van der Waals surface area (Å²) in [5.74, 6) is -0.412. The maximum Gasteiger partial charge on any atom is 0.243 e. The van der Waals surface area contributed by atoms with E-state index in [0.29, 0.717) is 15.6 Å². The molecule has 33 heavy (non-hydrogen) atoms. The van der Waals surface area contributed by atoms with Crippen LogP contribution in [-0.4, -0.2) is 25.2 Å². The number of amides is 1. The molecule has 0 aliphatic carbocycles. The Morgan fingerprint density at radius 1 is 0.879 bits per heavy atom. The molecule has 3 aromatic rings. The molecule has 0 atom stereocenters. The predicted octanol–water partition coefficient (Wildman–Crippen LogP) is 5.95. The topological polar surface area (TPSA) is 66.5 Å². The van der Waals surface area contributed by atoms with Gasteiger partial charge in [0, 0.05) is 22.3 Å². The molecule has 1 N–H and O–H groups in total. The molecule has 0 bridgehead atoms. The summed E-state index contributed by atoms with van der Waals surface area (Å²) in [4.78, 5) is 13.1. The van der Waals surface area contributed by atoms with Crippen LogP contribution < -0.4 is 5.32 Å². The zero-order valence-electron chi connectivity index (χ0n) is 18.5. The molecule has 0 saturated carbocycles. The third-order valence-corrected chi connectivity index (χ3v) is 7.58. The first-order valence-corrected chi connectivity index (χ1v) is 12.8. The van der Waals surface area contributed by atoms with E-state index in [-0.39, 0.29) is 18.0 Å². The van der Waals surface area contributed by atoms with Gasteiger partial charge in [-0.05, 0) is 65.9 Å². The average molecular weight is 505 g/mol. The van der Waals surface area contributed by atoms with E-state index in [0.717, 1.165) is 34.0 Å². The molecule has 0 heterocycles. The van der Waals surface area contributed by atoms with Crippen LogP contribution in [0.4, 0.5) is 5.69 Å². The summed E-state index contributed by atoms with van der Waals surface area (Å²) in [7, 11) is -3.98. The SMILES string of the molecule is CCc1cccc(CC)c1NC(=O)CN(Cc1cccc(Cl)c1)S(=O)(=O)c1ccc(Cl)cc1.